The molecule has 1 aliphatic rings. The van der Waals surface area contributed by atoms with Crippen molar-refractivity contribution in [3.8, 4) is 5.19 Å². The van der Waals surface area contributed by atoms with E-state index >= 15 is 0 Å². The molecule has 0 saturated carbocycles. The molecule has 7 heteroatoms. The molecule has 1 saturated heterocycles. The van der Waals surface area contributed by atoms with Gasteiger partial charge >= 0.3 is 0 Å². The standard InChI is InChI=1S/C15H19N3O3S/c19-18(20)12-5-6-14-13(9-12)17-15(22-14)21-8-2-4-11-3-1-7-16-10-11/h5-6,9,11,16H,1-4,7-8,10H2/t11-/m1/s1. The van der Waals surface area contributed by atoms with E-state index in [4.69, 9.17) is 4.74 Å². The Morgan fingerprint density at radius 2 is 2.41 bits per heavy atom. The van der Waals surface area contributed by atoms with Crippen LogP contribution in [0, 0.1) is 16.0 Å². The zero-order chi connectivity index (χ0) is 15.4. The number of ether oxygens (including phenoxy) is 1. The van der Waals surface area contributed by atoms with Gasteiger partial charge in [0.05, 0.1) is 21.7 Å². The molecule has 6 nitrogen and oxygen atoms in total. The number of rotatable bonds is 6. The number of benzene rings is 1. The number of fused-ring (bicyclic) bond motifs is 1. The molecule has 0 spiro atoms. The lowest BCUT2D eigenvalue weighted by Crippen LogP contribution is -2.29. The number of piperidine rings is 1. The first-order chi connectivity index (χ1) is 10.7. The van der Waals surface area contributed by atoms with Crippen LogP contribution in [0.5, 0.6) is 5.19 Å². The Bertz CT molecular complexity index is 653. The fraction of sp³-hybridized carbons (Fsp3) is 0.533. The van der Waals surface area contributed by atoms with Gasteiger partial charge in [0.2, 0.25) is 0 Å². The number of hydrogen-bond donors (Lipinski definition) is 1. The number of thiazole rings is 1. The summed E-state index contributed by atoms with van der Waals surface area (Å²) in [4.78, 5) is 14.7. The molecule has 1 aromatic heterocycles. The molecule has 1 fully saturated rings. The minimum atomic E-state index is -0.405. The van der Waals surface area contributed by atoms with Gasteiger partial charge in [0.25, 0.3) is 10.9 Å². The maximum absolute atomic E-state index is 10.8. The van der Waals surface area contributed by atoms with Gasteiger partial charge in [0.15, 0.2) is 0 Å². The summed E-state index contributed by atoms with van der Waals surface area (Å²) < 4.78 is 6.61. The Balaban J connectivity index is 1.52. The van der Waals surface area contributed by atoms with Gasteiger partial charge in [0.1, 0.15) is 0 Å². The van der Waals surface area contributed by atoms with E-state index in [0.29, 0.717) is 17.3 Å². The van der Waals surface area contributed by atoms with E-state index in [1.54, 1.807) is 6.07 Å². The van der Waals surface area contributed by atoms with Gasteiger partial charge in [-0.05, 0) is 50.8 Å². The van der Waals surface area contributed by atoms with Crippen molar-refractivity contribution >= 4 is 27.2 Å². The Morgan fingerprint density at radius 3 is 3.18 bits per heavy atom. The lowest BCUT2D eigenvalue weighted by Gasteiger charge is -2.22. The highest BCUT2D eigenvalue weighted by Gasteiger charge is 2.13. The van der Waals surface area contributed by atoms with Crippen LogP contribution >= 0.6 is 11.3 Å². The number of nitro groups is 1. The molecule has 0 amide bonds. The van der Waals surface area contributed by atoms with E-state index in [9.17, 15) is 10.1 Å². The average molecular weight is 321 g/mol. The molecule has 0 aliphatic carbocycles. The van der Waals surface area contributed by atoms with E-state index < -0.39 is 4.92 Å². The van der Waals surface area contributed by atoms with Crippen molar-refractivity contribution in [1.82, 2.24) is 10.3 Å². The summed E-state index contributed by atoms with van der Waals surface area (Å²) in [5.74, 6) is 0.760. The van der Waals surface area contributed by atoms with E-state index in [0.717, 1.165) is 30.1 Å². The molecular weight excluding hydrogens is 302 g/mol. The van der Waals surface area contributed by atoms with Crippen LogP contribution < -0.4 is 10.1 Å². The fourth-order valence-corrected chi connectivity index (χ4v) is 3.59. The van der Waals surface area contributed by atoms with Crippen molar-refractivity contribution in [3.05, 3.63) is 28.3 Å². The van der Waals surface area contributed by atoms with Gasteiger partial charge in [0, 0.05) is 12.1 Å². The van der Waals surface area contributed by atoms with Gasteiger partial charge < -0.3 is 10.1 Å². The van der Waals surface area contributed by atoms with Crippen LogP contribution in [0.3, 0.4) is 0 Å². The first kappa shape index (κ1) is 15.2. The number of nitrogens with one attached hydrogen (secondary N) is 1. The van der Waals surface area contributed by atoms with E-state index in [2.05, 4.69) is 10.3 Å². The van der Waals surface area contributed by atoms with Crippen molar-refractivity contribution in [2.75, 3.05) is 19.7 Å². The summed E-state index contributed by atoms with van der Waals surface area (Å²) in [5.41, 5.74) is 0.694. The number of nitrogens with zero attached hydrogens (tertiary/aromatic N) is 2. The SMILES string of the molecule is O=[N+]([O-])c1ccc2sc(OCCC[C@H]3CCCNC3)nc2c1. The first-order valence-corrected chi connectivity index (χ1v) is 8.42. The minimum Gasteiger partial charge on any atom is -0.470 e. The lowest BCUT2D eigenvalue weighted by molar-refractivity contribution is -0.384. The van der Waals surface area contributed by atoms with Crippen molar-refractivity contribution in [1.29, 1.82) is 0 Å². The second kappa shape index (κ2) is 7.02. The molecule has 2 aromatic rings. The summed E-state index contributed by atoms with van der Waals surface area (Å²) in [7, 11) is 0. The second-order valence-electron chi connectivity index (χ2n) is 5.59. The Morgan fingerprint density at radius 1 is 1.50 bits per heavy atom. The lowest BCUT2D eigenvalue weighted by atomic mass is 9.95. The molecule has 1 atom stereocenters. The zero-order valence-corrected chi connectivity index (χ0v) is 13.1. The quantitative estimate of drug-likeness (QED) is 0.501. The van der Waals surface area contributed by atoms with Crippen LogP contribution in [0.2, 0.25) is 0 Å². The van der Waals surface area contributed by atoms with Crippen LogP contribution in [0.4, 0.5) is 5.69 Å². The van der Waals surface area contributed by atoms with Gasteiger partial charge in [-0.25, -0.2) is 4.98 Å². The summed E-state index contributed by atoms with van der Waals surface area (Å²) >= 11 is 1.44. The summed E-state index contributed by atoms with van der Waals surface area (Å²) in [6, 6.07) is 4.72. The Labute approximate surface area is 132 Å². The average Bonchev–Trinajstić information content (AvgIpc) is 2.94. The zero-order valence-electron chi connectivity index (χ0n) is 12.3. The number of hydrogen-bond acceptors (Lipinski definition) is 6. The van der Waals surface area contributed by atoms with Crippen molar-refractivity contribution in [3.63, 3.8) is 0 Å². The molecule has 1 aliphatic heterocycles. The minimum absolute atomic E-state index is 0.0640. The molecular formula is C15H19N3O3S. The maximum Gasteiger partial charge on any atom is 0.274 e. The van der Waals surface area contributed by atoms with Gasteiger partial charge in [-0.3, -0.25) is 10.1 Å². The molecule has 1 aromatic carbocycles. The summed E-state index contributed by atoms with van der Waals surface area (Å²) in [6.45, 7) is 2.91. The van der Waals surface area contributed by atoms with Crippen LogP contribution in [0.25, 0.3) is 10.2 Å². The number of nitro benzene ring substituents is 1. The Kier molecular flexibility index (Phi) is 4.84. The highest BCUT2D eigenvalue weighted by atomic mass is 32.1. The van der Waals surface area contributed by atoms with Crippen LogP contribution in [-0.4, -0.2) is 29.6 Å². The monoisotopic (exact) mass is 321 g/mol. The topological polar surface area (TPSA) is 77.3 Å². The smallest absolute Gasteiger partial charge is 0.274 e. The Hall–Kier alpha value is -1.73. The molecule has 3 rings (SSSR count). The fourth-order valence-electron chi connectivity index (χ4n) is 2.77. The van der Waals surface area contributed by atoms with Gasteiger partial charge in [-0.2, -0.15) is 0 Å². The molecule has 2 heterocycles. The predicted molar refractivity (Wildman–Crippen MR) is 86.6 cm³/mol. The maximum atomic E-state index is 10.8. The predicted octanol–water partition coefficient (Wildman–Crippen LogP) is 3.36. The first-order valence-electron chi connectivity index (χ1n) is 7.61. The van der Waals surface area contributed by atoms with Crippen LogP contribution in [-0.2, 0) is 0 Å². The second-order valence-corrected chi connectivity index (χ2v) is 6.59. The normalized spacial score (nSPS) is 18.5. The molecule has 22 heavy (non-hydrogen) atoms. The third kappa shape index (κ3) is 3.72. The molecule has 1 N–H and O–H groups in total. The van der Waals surface area contributed by atoms with Crippen molar-refractivity contribution in [2.45, 2.75) is 25.7 Å². The van der Waals surface area contributed by atoms with Crippen molar-refractivity contribution in [2.24, 2.45) is 5.92 Å². The largest absolute Gasteiger partial charge is 0.470 e. The van der Waals surface area contributed by atoms with E-state index in [-0.39, 0.29) is 5.69 Å². The number of aromatic nitrogens is 1. The molecule has 0 bridgehead atoms. The van der Waals surface area contributed by atoms with Gasteiger partial charge in [-0.1, -0.05) is 11.3 Å². The number of non-ortho nitro benzene ring substituents is 1. The summed E-state index contributed by atoms with van der Waals surface area (Å²) in [6.07, 6.45) is 4.76. The van der Waals surface area contributed by atoms with Crippen molar-refractivity contribution < 1.29 is 9.66 Å². The molecule has 118 valence electrons. The van der Waals surface area contributed by atoms with E-state index in [1.165, 1.54) is 42.7 Å². The molecule has 0 unspecified atom stereocenters. The van der Waals surface area contributed by atoms with Crippen LogP contribution in [0.1, 0.15) is 25.7 Å². The third-order valence-corrected chi connectivity index (χ3v) is 4.89. The summed E-state index contributed by atoms with van der Waals surface area (Å²) in [5, 5.41) is 14.8. The third-order valence-electron chi connectivity index (χ3n) is 3.94. The van der Waals surface area contributed by atoms with Gasteiger partial charge in [-0.15, -0.1) is 0 Å². The molecule has 0 radical (unpaired) electrons. The highest BCUT2D eigenvalue weighted by Crippen LogP contribution is 2.30. The van der Waals surface area contributed by atoms with E-state index in [1.807, 2.05) is 0 Å². The highest BCUT2D eigenvalue weighted by molar-refractivity contribution is 7.20. The van der Waals surface area contributed by atoms with Crippen LogP contribution in [0.15, 0.2) is 18.2 Å².